The number of halogens is 1. The van der Waals surface area contributed by atoms with Crippen LogP contribution in [-0.4, -0.2) is 6.54 Å². The maximum atomic E-state index is 3.73. The summed E-state index contributed by atoms with van der Waals surface area (Å²) in [5, 5.41) is 3.73. The van der Waals surface area contributed by atoms with Crippen molar-refractivity contribution < 1.29 is 0 Å². The van der Waals surface area contributed by atoms with Crippen molar-refractivity contribution in [3.05, 3.63) is 33.8 Å². The predicted octanol–water partition coefficient (Wildman–Crippen LogP) is 6.55. The zero-order valence-electron chi connectivity index (χ0n) is 14.1. The van der Waals surface area contributed by atoms with Gasteiger partial charge < -0.3 is 5.32 Å². The van der Waals surface area contributed by atoms with Gasteiger partial charge in [-0.2, -0.15) is 0 Å². The molecule has 0 aliphatic carbocycles. The largest absolute Gasteiger partial charge is 0.310 e. The predicted molar refractivity (Wildman–Crippen MR) is 97.9 cm³/mol. The summed E-state index contributed by atoms with van der Waals surface area (Å²) in [7, 11) is 0. The molecule has 0 saturated carbocycles. The maximum absolute atomic E-state index is 3.73. The molecule has 0 aliphatic rings. The van der Waals surface area contributed by atoms with Gasteiger partial charge in [0.2, 0.25) is 0 Å². The smallest absolute Gasteiger partial charge is 0.0323 e. The average molecular weight is 354 g/mol. The first-order valence-electron chi connectivity index (χ1n) is 8.69. The van der Waals surface area contributed by atoms with Crippen molar-refractivity contribution in [2.45, 2.75) is 78.2 Å². The molecule has 1 aromatic carbocycles. The molecule has 1 nitrogen and oxygen atoms in total. The van der Waals surface area contributed by atoms with Crippen LogP contribution in [0.15, 0.2) is 22.7 Å². The summed E-state index contributed by atoms with van der Waals surface area (Å²) in [4.78, 5) is 0. The number of nitrogens with one attached hydrogen (secondary N) is 1. The van der Waals surface area contributed by atoms with Crippen LogP contribution in [0, 0.1) is 6.92 Å². The Labute approximate surface area is 140 Å². The van der Waals surface area contributed by atoms with Crippen LogP contribution < -0.4 is 5.32 Å². The average Bonchev–Trinajstić information content (AvgIpc) is 2.49. The van der Waals surface area contributed by atoms with Gasteiger partial charge >= 0.3 is 0 Å². The molecule has 0 aromatic heterocycles. The van der Waals surface area contributed by atoms with Gasteiger partial charge in [-0.1, -0.05) is 80.4 Å². The monoisotopic (exact) mass is 353 g/mol. The van der Waals surface area contributed by atoms with Crippen LogP contribution >= 0.6 is 15.9 Å². The molecule has 0 saturated heterocycles. The Morgan fingerprint density at radius 2 is 1.71 bits per heavy atom. The Morgan fingerprint density at radius 3 is 2.43 bits per heavy atom. The lowest BCUT2D eigenvalue weighted by Gasteiger charge is -2.21. The van der Waals surface area contributed by atoms with Gasteiger partial charge in [0.05, 0.1) is 0 Å². The Bertz CT molecular complexity index is 389. The van der Waals surface area contributed by atoms with Crippen LogP contribution in [0.3, 0.4) is 0 Å². The molecule has 1 N–H and O–H groups in total. The van der Waals surface area contributed by atoms with E-state index in [0.717, 1.165) is 6.54 Å². The van der Waals surface area contributed by atoms with Crippen LogP contribution in [-0.2, 0) is 0 Å². The van der Waals surface area contributed by atoms with E-state index in [9.17, 15) is 0 Å². The molecular formula is C19H32BrN. The van der Waals surface area contributed by atoms with E-state index in [0.29, 0.717) is 6.04 Å². The fourth-order valence-electron chi connectivity index (χ4n) is 2.82. The van der Waals surface area contributed by atoms with Crippen LogP contribution in [0.25, 0.3) is 0 Å². The first-order chi connectivity index (χ1) is 10.2. The summed E-state index contributed by atoms with van der Waals surface area (Å²) in [6, 6.07) is 7.09. The highest BCUT2D eigenvalue weighted by atomic mass is 79.9. The molecule has 1 atom stereocenters. The second-order valence-corrected chi connectivity index (χ2v) is 6.87. The molecule has 0 heterocycles. The van der Waals surface area contributed by atoms with Gasteiger partial charge in [0, 0.05) is 10.5 Å². The Hall–Kier alpha value is -0.340. The Morgan fingerprint density at radius 1 is 1.00 bits per heavy atom. The molecule has 120 valence electrons. The van der Waals surface area contributed by atoms with E-state index in [1.54, 1.807) is 0 Å². The van der Waals surface area contributed by atoms with E-state index in [1.807, 2.05) is 0 Å². The van der Waals surface area contributed by atoms with Crippen LogP contribution in [0.2, 0.25) is 0 Å². The lowest BCUT2D eigenvalue weighted by Crippen LogP contribution is -2.23. The fourth-order valence-corrected chi connectivity index (χ4v) is 3.20. The molecule has 1 unspecified atom stereocenters. The van der Waals surface area contributed by atoms with Crippen molar-refractivity contribution in [3.8, 4) is 0 Å². The van der Waals surface area contributed by atoms with Crippen molar-refractivity contribution in [3.63, 3.8) is 0 Å². The third kappa shape index (κ3) is 6.97. The highest BCUT2D eigenvalue weighted by molar-refractivity contribution is 9.10. The number of rotatable bonds is 11. The second kappa shape index (κ2) is 11.3. The molecule has 21 heavy (non-hydrogen) atoms. The third-order valence-electron chi connectivity index (χ3n) is 4.17. The first kappa shape index (κ1) is 18.7. The van der Waals surface area contributed by atoms with E-state index < -0.39 is 0 Å². The number of hydrogen-bond donors (Lipinski definition) is 1. The summed E-state index contributed by atoms with van der Waals surface area (Å²) in [5.74, 6) is 0. The van der Waals surface area contributed by atoms with Gasteiger partial charge in [-0.25, -0.2) is 0 Å². The number of benzene rings is 1. The summed E-state index contributed by atoms with van der Waals surface area (Å²) in [6.07, 6.45) is 10.7. The zero-order valence-corrected chi connectivity index (χ0v) is 15.6. The second-order valence-electron chi connectivity index (χ2n) is 6.02. The highest BCUT2D eigenvalue weighted by Crippen LogP contribution is 2.28. The van der Waals surface area contributed by atoms with Crippen molar-refractivity contribution in [1.29, 1.82) is 0 Å². The van der Waals surface area contributed by atoms with Crippen molar-refractivity contribution in [1.82, 2.24) is 5.32 Å². The number of hydrogen-bond acceptors (Lipinski definition) is 1. The van der Waals surface area contributed by atoms with Crippen molar-refractivity contribution >= 4 is 15.9 Å². The summed E-state index contributed by atoms with van der Waals surface area (Å²) in [6.45, 7) is 7.84. The van der Waals surface area contributed by atoms with Crippen LogP contribution in [0.1, 0.15) is 82.4 Å². The lowest BCUT2D eigenvalue weighted by molar-refractivity contribution is 0.465. The molecular weight excluding hydrogens is 322 g/mol. The quantitative estimate of drug-likeness (QED) is 0.444. The molecule has 0 bridgehead atoms. The zero-order chi connectivity index (χ0) is 15.5. The van der Waals surface area contributed by atoms with E-state index in [2.05, 4.69) is 60.2 Å². The highest BCUT2D eigenvalue weighted by Gasteiger charge is 2.13. The Balaban J connectivity index is 2.53. The standard InChI is InChI=1S/C19H32BrN/c1-4-6-7-8-9-10-14-19(21-15-5-2)17-12-11-13-18(20)16(17)3/h11-13,19,21H,4-10,14-15H2,1-3H3. The van der Waals surface area contributed by atoms with Crippen LogP contribution in [0.4, 0.5) is 0 Å². The van der Waals surface area contributed by atoms with Gasteiger partial charge in [0.15, 0.2) is 0 Å². The van der Waals surface area contributed by atoms with E-state index in [-0.39, 0.29) is 0 Å². The number of unbranched alkanes of at least 4 members (excludes halogenated alkanes) is 5. The minimum Gasteiger partial charge on any atom is -0.310 e. The van der Waals surface area contributed by atoms with E-state index in [1.165, 1.54) is 67.0 Å². The Kier molecular flexibility index (Phi) is 10.0. The van der Waals surface area contributed by atoms with Gasteiger partial charge in [-0.05, 0) is 43.5 Å². The van der Waals surface area contributed by atoms with E-state index >= 15 is 0 Å². The van der Waals surface area contributed by atoms with Crippen molar-refractivity contribution in [2.24, 2.45) is 0 Å². The van der Waals surface area contributed by atoms with Gasteiger partial charge in [-0.3, -0.25) is 0 Å². The normalized spacial score (nSPS) is 12.6. The van der Waals surface area contributed by atoms with Crippen LogP contribution in [0.5, 0.6) is 0 Å². The molecule has 0 radical (unpaired) electrons. The minimum absolute atomic E-state index is 0.508. The molecule has 2 heteroatoms. The molecule has 1 aromatic rings. The van der Waals surface area contributed by atoms with Crippen molar-refractivity contribution in [2.75, 3.05) is 6.54 Å². The first-order valence-corrected chi connectivity index (χ1v) is 9.48. The minimum atomic E-state index is 0.508. The molecule has 0 spiro atoms. The summed E-state index contributed by atoms with van der Waals surface area (Å²) >= 11 is 3.67. The lowest BCUT2D eigenvalue weighted by atomic mass is 9.96. The molecule has 0 aliphatic heterocycles. The third-order valence-corrected chi connectivity index (χ3v) is 5.03. The maximum Gasteiger partial charge on any atom is 0.0323 e. The fraction of sp³-hybridized carbons (Fsp3) is 0.684. The topological polar surface area (TPSA) is 12.0 Å². The SMILES string of the molecule is CCCCCCCCC(NCCC)c1cccc(Br)c1C. The van der Waals surface area contributed by atoms with Gasteiger partial charge in [0.1, 0.15) is 0 Å². The van der Waals surface area contributed by atoms with E-state index in [4.69, 9.17) is 0 Å². The molecule has 1 rings (SSSR count). The van der Waals surface area contributed by atoms with Gasteiger partial charge in [-0.15, -0.1) is 0 Å². The summed E-state index contributed by atoms with van der Waals surface area (Å²) < 4.78 is 1.23. The molecule has 0 fully saturated rings. The van der Waals surface area contributed by atoms with Gasteiger partial charge in [0.25, 0.3) is 0 Å². The summed E-state index contributed by atoms with van der Waals surface area (Å²) in [5.41, 5.74) is 2.85. The molecule has 0 amide bonds.